The van der Waals surface area contributed by atoms with Gasteiger partial charge in [0, 0.05) is 6.42 Å². The summed E-state index contributed by atoms with van der Waals surface area (Å²) >= 11 is 0. The van der Waals surface area contributed by atoms with E-state index in [1.807, 2.05) is 0 Å². The lowest BCUT2D eigenvalue weighted by Crippen LogP contribution is -2.18. The van der Waals surface area contributed by atoms with Crippen molar-refractivity contribution < 1.29 is 8.78 Å². The molecule has 0 amide bonds. The van der Waals surface area contributed by atoms with Gasteiger partial charge in [-0.15, -0.1) is 0 Å². The van der Waals surface area contributed by atoms with Gasteiger partial charge in [0.05, 0.1) is 0 Å². The topological polar surface area (TPSA) is 0 Å². The van der Waals surface area contributed by atoms with Crippen molar-refractivity contribution in [3.8, 4) is 0 Å². The lowest BCUT2D eigenvalue weighted by molar-refractivity contribution is -0.00852. The van der Waals surface area contributed by atoms with Crippen LogP contribution in [-0.2, 0) is 0 Å². The summed E-state index contributed by atoms with van der Waals surface area (Å²) in [6.45, 7) is 1.03. The molecule has 1 aliphatic carbocycles. The molecule has 1 fully saturated rings. The van der Waals surface area contributed by atoms with Crippen molar-refractivity contribution in [2.75, 3.05) is 0 Å². The number of rotatable bonds is 2. The van der Waals surface area contributed by atoms with E-state index in [-0.39, 0.29) is 6.42 Å². The zero-order valence-corrected chi connectivity index (χ0v) is 7.08. The fourth-order valence-corrected chi connectivity index (χ4v) is 1.90. The Bertz CT molecular complexity index is 109. The fraction of sp³-hybridized carbons (Fsp3) is 1.00. The van der Waals surface area contributed by atoms with Crippen LogP contribution in [0.3, 0.4) is 0 Å². The maximum absolute atomic E-state index is 12.5. The highest BCUT2D eigenvalue weighted by atomic mass is 19.3. The van der Waals surface area contributed by atoms with Gasteiger partial charge in [-0.1, -0.05) is 32.1 Å². The quantitative estimate of drug-likeness (QED) is 0.581. The molecule has 0 aromatic carbocycles. The van der Waals surface area contributed by atoms with E-state index in [2.05, 4.69) is 0 Å². The van der Waals surface area contributed by atoms with Crippen LogP contribution < -0.4 is 0 Å². The molecule has 66 valence electrons. The second-order valence-corrected chi connectivity index (χ2v) is 3.78. The number of halogens is 2. The summed E-state index contributed by atoms with van der Waals surface area (Å²) in [5, 5.41) is 0. The first-order valence-corrected chi connectivity index (χ1v) is 4.46. The number of hydrogen-bond donors (Lipinski definition) is 0. The number of hydrogen-bond acceptors (Lipinski definition) is 0. The summed E-state index contributed by atoms with van der Waals surface area (Å²) in [5.41, 5.74) is 0. The molecule has 11 heavy (non-hydrogen) atoms. The van der Waals surface area contributed by atoms with Crippen LogP contribution in [0.5, 0.6) is 0 Å². The molecule has 0 saturated heterocycles. The molecule has 0 spiro atoms. The van der Waals surface area contributed by atoms with Crippen LogP contribution >= 0.6 is 0 Å². The average molecular weight is 162 g/mol. The molecule has 2 heteroatoms. The molecule has 0 N–H and O–H groups in total. The molecular weight excluding hydrogens is 146 g/mol. The summed E-state index contributed by atoms with van der Waals surface area (Å²) < 4.78 is 25.0. The van der Waals surface area contributed by atoms with Crippen LogP contribution in [0.2, 0.25) is 0 Å². The van der Waals surface area contributed by atoms with E-state index >= 15 is 0 Å². The summed E-state index contributed by atoms with van der Waals surface area (Å²) in [6.07, 6.45) is 5.69. The summed E-state index contributed by atoms with van der Waals surface area (Å²) in [4.78, 5) is 0. The van der Waals surface area contributed by atoms with Crippen LogP contribution in [0.4, 0.5) is 8.78 Å². The highest BCUT2D eigenvalue weighted by Crippen LogP contribution is 2.32. The van der Waals surface area contributed by atoms with Crippen molar-refractivity contribution in [2.24, 2.45) is 5.92 Å². The smallest absolute Gasteiger partial charge is 0.207 e. The van der Waals surface area contributed by atoms with Crippen LogP contribution in [0, 0.1) is 5.92 Å². The lowest BCUT2D eigenvalue weighted by Gasteiger charge is -2.24. The van der Waals surface area contributed by atoms with Crippen molar-refractivity contribution in [1.82, 2.24) is 0 Å². The first-order valence-electron chi connectivity index (χ1n) is 4.46. The van der Waals surface area contributed by atoms with Gasteiger partial charge in [0.15, 0.2) is 0 Å². The third-order valence-corrected chi connectivity index (χ3v) is 2.37. The van der Waals surface area contributed by atoms with Gasteiger partial charge < -0.3 is 0 Å². The fourth-order valence-electron chi connectivity index (χ4n) is 1.90. The van der Waals surface area contributed by atoms with Gasteiger partial charge in [-0.25, -0.2) is 8.78 Å². The minimum atomic E-state index is -2.44. The minimum absolute atomic E-state index is 0.104. The SMILES string of the molecule is CC(F)(F)CC1CCCCC1. The van der Waals surface area contributed by atoms with Gasteiger partial charge in [0.1, 0.15) is 0 Å². The molecule has 1 saturated carbocycles. The Balaban J connectivity index is 2.24. The molecule has 1 aliphatic rings. The zero-order chi connectivity index (χ0) is 8.32. The van der Waals surface area contributed by atoms with E-state index in [4.69, 9.17) is 0 Å². The molecular formula is C9H16F2. The van der Waals surface area contributed by atoms with Gasteiger partial charge in [-0.05, 0) is 12.8 Å². The monoisotopic (exact) mass is 162 g/mol. The molecule has 0 aliphatic heterocycles. The first-order chi connectivity index (χ1) is 5.08. The normalized spacial score (nSPS) is 22.1. The van der Waals surface area contributed by atoms with E-state index in [9.17, 15) is 8.78 Å². The average Bonchev–Trinajstić information content (AvgIpc) is 1.85. The Kier molecular flexibility index (Phi) is 2.85. The van der Waals surface area contributed by atoms with Crippen molar-refractivity contribution >= 4 is 0 Å². The molecule has 0 bridgehead atoms. The Morgan fingerprint density at radius 3 is 2.18 bits per heavy atom. The summed E-state index contributed by atoms with van der Waals surface area (Å²) in [6, 6.07) is 0. The van der Waals surface area contributed by atoms with Gasteiger partial charge >= 0.3 is 0 Å². The second kappa shape index (κ2) is 3.51. The van der Waals surface area contributed by atoms with Crippen LogP contribution in [-0.4, -0.2) is 5.92 Å². The van der Waals surface area contributed by atoms with Gasteiger partial charge in [-0.2, -0.15) is 0 Å². The van der Waals surface area contributed by atoms with E-state index in [1.54, 1.807) is 0 Å². The van der Waals surface area contributed by atoms with E-state index in [0.29, 0.717) is 5.92 Å². The Labute approximate surface area is 67.0 Å². The van der Waals surface area contributed by atoms with E-state index < -0.39 is 5.92 Å². The van der Waals surface area contributed by atoms with Crippen molar-refractivity contribution in [3.63, 3.8) is 0 Å². The van der Waals surface area contributed by atoms with Crippen molar-refractivity contribution in [3.05, 3.63) is 0 Å². The molecule has 0 unspecified atom stereocenters. The van der Waals surface area contributed by atoms with E-state index in [0.717, 1.165) is 32.6 Å². The highest BCUT2D eigenvalue weighted by molar-refractivity contribution is 4.71. The number of alkyl halides is 2. The Hall–Kier alpha value is -0.140. The predicted molar refractivity (Wildman–Crippen MR) is 41.8 cm³/mol. The van der Waals surface area contributed by atoms with Crippen LogP contribution in [0.25, 0.3) is 0 Å². The summed E-state index contributed by atoms with van der Waals surface area (Å²) in [7, 11) is 0. The minimum Gasteiger partial charge on any atom is -0.207 e. The Morgan fingerprint density at radius 2 is 1.73 bits per heavy atom. The van der Waals surface area contributed by atoms with Crippen molar-refractivity contribution in [2.45, 2.75) is 51.4 Å². The predicted octanol–water partition coefficient (Wildman–Crippen LogP) is 3.61. The largest absolute Gasteiger partial charge is 0.245 e. The Morgan fingerprint density at radius 1 is 1.18 bits per heavy atom. The third-order valence-electron chi connectivity index (χ3n) is 2.37. The molecule has 0 atom stereocenters. The third kappa shape index (κ3) is 3.68. The molecule has 0 heterocycles. The van der Waals surface area contributed by atoms with Crippen LogP contribution in [0.1, 0.15) is 45.4 Å². The second-order valence-electron chi connectivity index (χ2n) is 3.78. The van der Waals surface area contributed by atoms with Gasteiger partial charge in [0.2, 0.25) is 5.92 Å². The zero-order valence-electron chi connectivity index (χ0n) is 7.08. The standard InChI is InChI=1S/C9H16F2/c1-9(10,11)7-8-5-3-2-4-6-8/h8H,2-7H2,1H3. The lowest BCUT2D eigenvalue weighted by atomic mass is 9.85. The van der Waals surface area contributed by atoms with E-state index in [1.165, 1.54) is 6.42 Å². The molecule has 1 rings (SSSR count). The maximum atomic E-state index is 12.5. The first kappa shape index (κ1) is 8.95. The molecule has 0 radical (unpaired) electrons. The molecule has 0 aromatic heterocycles. The van der Waals surface area contributed by atoms with Gasteiger partial charge in [0.25, 0.3) is 0 Å². The summed E-state index contributed by atoms with van der Waals surface area (Å²) in [5.74, 6) is -2.15. The van der Waals surface area contributed by atoms with Crippen molar-refractivity contribution in [1.29, 1.82) is 0 Å². The maximum Gasteiger partial charge on any atom is 0.245 e. The molecule has 0 nitrogen and oxygen atoms in total. The van der Waals surface area contributed by atoms with Crippen LogP contribution in [0.15, 0.2) is 0 Å². The molecule has 0 aromatic rings. The highest BCUT2D eigenvalue weighted by Gasteiger charge is 2.27. The van der Waals surface area contributed by atoms with Gasteiger partial charge in [-0.3, -0.25) is 0 Å².